The molecule has 0 amide bonds. The average molecular weight is 364 g/mol. The van der Waals surface area contributed by atoms with Crippen molar-refractivity contribution in [2.24, 2.45) is 7.05 Å². The van der Waals surface area contributed by atoms with Crippen molar-refractivity contribution < 1.29 is 14.6 Å². The maximum atomic E-state index is 10.2. The van der Waals surface area contributed by atoms with Crippen LogP contribution in [0.3, 0.4) is 0 Å². The van der Waals surface area contributed by atoms with Crippen molar-refractivity contribution in [2.75, 3.05) is 13.2 Å². The van der Waals surface area contributed by atoms with Crippen molar-refractivity contribution in [3.63, 3.8) is 0 Å². The SMILES string of the molecule is Cn1cnc(-c2cccc(OCC(O)COc3cccc4[nH]ccc34)c2)n1. The Labute approximate surface area is 156 Å². The van der Waals surface area contributed by atoms with E-state index in [9.17, 15) is 5.11 Å². The van der Waals surface area contributed by atoms with Gasteiger partial charge in [-0.25, -0.2) is 4.98 Å². The molecular formula is C20H20N4O3. The minimum atomic E-state index is -0.754. The summed E-state index contributed by atoms with van der Waals surface area (Å²) in [7, 11) is 1.82. The monoisotopic (exact) mass is 364 g/mol. The Morgan fingerprint density at radius 2 is 1.96 bits per heavy atom. The zero-order valence-electron chi connectivity index (χ0n) is 14.9. The molecular weight excluding hydrogens is 344 g/mol. The Morgan fingerprint density at radius 3 is 2.81 bits per heavy atom. The fraction of sp³-hybridized carbons (Fsp3) is 0.200. The van der Waals surface area contributed by atoms with Crippen LogP contribution in [0.15, 0.2) is 61.1 Å². The van der Waals surface area contributed by atoms with Crippen LogP contribution in [0.4, 0.5) is 0 Å². The quantitative estimate of drug-likeness (QED) is 0.527. The van der Waals surface area contributed by atoms with Gasteiger partial charge in [0.1, 0.15) is 37.1 Å². The van der Waals surface area contributed by atoms with E-state index in [4.69, 9.17) is 9.47 Å². The minimum absolute atomic E-state index is 0.127. The number of ether oxygens (including phenoxy) is 2. The van der Waals surface area contributed by atoms with Crippen molar-refractivity contribution >= 4 is 10.9 Å². The van der Waals surface area contributed by atoms with E-state index in [1.54, 1.807) is 11.0 Å². The van der Waals surface area contributed by atoms with E-state index in [0.717, 1.165) is 22.2 Å². The molecule has 0 aliphatic heterocycles. The Morgan fingerprint density at radius 1 is 1.11 bits per heavy atom. The average Bonchev–Trinajstić information content (AvgIpc) is 3.34. The third kappa shape index (κ3) is 3.93. The maximum Gasteiger partial charge on any atom is 0.181 e. The summed E-state index contributed by atoms with van der Waals surface area (Å²) in [6.07, 6.45) is 2.76. The number of aromatic nitrogens is 4. The second kappa shape index (κ2) is 7.51. The van der Waals surface area contributed by atoms with Gasteiger partial charge in [0.2, 0.25) is 0 Å². The molecule has 0 radical (unpaired) electrons. The van der Waals surface area contributed by atoms with Crippen LogP contribution >= 0.6 is 0 Å². The number of aliphatic hydroxyl groups is 1. The van der Waals surface area contributed by atoms with Crippen molar-refractivity contribution in [3.8, 4) is 22.9 Å². The predicted molar refractivity (Wildman–Crippen MR) is 102 cm³/mol. The number of aliphatic hydroxyl groups excluding tert-OH is 1. The zero-order chi connectivity index (χ0) is 18.6. The molecule has 7 heteroatoms. The lowest BCUT2D eigenvalue weighted by Crippen LogP contribution is -2.25. The molecule has 0 bridgehead atoms. The molecule has 2 aromatic heterocycles. The van der Waals surface area contributed by atoms with Crippen LogP contribution in [-0.4, -0.2) is 44.2 Å². The summed E-state index contributed by atoms with van der Waals surface area (Å²) in [5.41, 5.74) is 1.86. The number of aryl methyl sites for hydroxylation is 1. The lowest BCUT2D eigenvalue weighted by Gasteiger charge is -2.14. The van der Waals surface area contributed by atoms with Crippen LogP contribution in [0.25, 0.3) is 22.3 Å². The molecule has 2 N–H and O–H groups in total. The molecule has 1 atom stereocenters. The largest absolute Gasteiger partial charge is 0.491 e. The molecule has 0 saturated heterocycles. The number of hydrogen-bond donors (Lipinski definition) is 2. The van der Waals surface area contributed by atoms with Crippen molar-refractivity contribution in [2.45, 2.75) is 6.10 Å². The second-order valence-electron chi connectivity index (χ2n) is 6.24. The van der Waals surface area contributed by atoms with Gasteiger partial charge in [-0.05, 0) is 30.3 Å². The van der Waals surface area contributed by atoms with Gasteiger partial charge in [-0.1, -0.05) is 18.2 Å². The lowest BCUT2D eigenvalue weighted by atomic mass is 10.2. The van der Waals surface area contributed by atoms with Gasteiger partial charge in [0.15, 0.2) is 5.82 Å². The molecule has 2 aromatic carbocycles. The molecule has 0 aliphatic rings. The summed E-state index contributed by atoms with van der Waals surface area (Å²) in [6, 6.07) is 15.2. The third-order valence-corrected chi connectivity index (χ3v) is 4.12. The number of rotatable bonds is 7. The summed E-state index contributed by atoms with van der Waals surface area (Å²) in [6.45, 7) is 0.272. The van der Waals surface area contributed by atoms with E-state index in [2.05, 4.69) is 15.1 Å². The Balaban J connectivity index is 1.34. The van der Waals surface area contributed by atoms with Gasteiger partial charge in [-0.2, -0.15) is 5.10 Å². The number of H-pyrrole nitrogens is 1. The van der Waals surface area contributed by atoms with E-state index < -0.39 is 6.10 Å². The smallest absolute Gasteiger partial charge is 0.181 e. The molecule has 0 aliphatic carbocycles. The third-order valence-electron chi connectivity index (χ3n) is 4.12. The molecule has 0 fully saturated rings. The number of hydrogen-bond acceptors (Lipinski definition) is 5. The van der Waals surface area contributed by atoms with E-state index in [1.165, 1.54) is 0 Å². The first-order valence-corrected chi connectivity index (χ1v) is 8.65. The number of aromatic amines is 1. The van der Waals surface area contributed by atoms with E-state index in [-0.39, 0.29) is 13.2 Å². The summed E-state index contributed by atoms with van der Waals surface area (Å²) in [4.78, 5) is 7.37. The maximum absolute atomic E-state index is 10.2. The highest BCUT2D eigenvalue weighted by molar-refractivity contribution is 5.85. The van der Waals surface area contributed by atoms with E-state index in [1.807, 2.05) is 61.8 Å². The van der Waals surface area contributed by atoms with Gasteiger partial charge in [0, 0.05) is 29.7 Å². The molecule has 0 saturated carbocycles. The van der Waals surface area contributed by atoms with Crippen molar-refractivity contribution in [3.05, 3.63) is 61.1 Å². The number of nitrogens with one attached hydrogen (secondary N) is 1. The van der Waals surface area contributed by atoms with Crippen LogP contribution < -0.4 is 9.47 Å². The fourth-order valence-electron chi connectivity index (χ4n) is 2.81. The Kier molecular flexibility index (Phi) is 4.76. The van der Waals surface area contributed by atoms with Crippen molar-refractivity contribution in [1.29, 1.82) is 0 Å². The summed E-state index contributed by atoms with van der Waals surface area (Å²) in [5, 5.41) is 15.5. The van der Waals surface area contributed by atoms with Gasteiger partial charge >= 0.3 is 0 Å². The summed E-state index contributed by atoms with van der Waals surface area (Å²) in [5.74, 6) is 2.01. The molecule has 138 valence electrons. The lowest BCUT2D eigenvalue weighted by molar-refractivity contribution is 0.0632. The number of fused-ring (bicyclic) bond motifs is 1. The van der Waals surface area contributed by atoms with Crippen molar-refractivity contribution in [1.82, 2.24) is 19.7 Å². The van der Waals surface area contributed by atoms with Crippen LogP contribution in [0.5, 0.6) is 11.5 Å². The minimum Gasteiger partial charge on any atom is -0.491 e. The highest BCUT2D eigenvalue weighted by atomic mass is 16.5. The molecule has 27 heavy (non-hydrogen) atoms. The number of benzene rings is 2. The predicted octanol–water partition coefficient (Wildman–Crippen LogP) is 2.78. The summed E-state index contributed by atoms with van der Waals surface area (Å²) < 4.78 is 13.1. The molecule has 7 nitrogen and oxygen atoms in total. The van der Waals surface area contributed by atoms with Gasteiger partial charge < -0.3 is 19.6 Å². The molecule has 0 spiro atoms. The normalized spacial score (nSPS) is 12.2. The van der Waals surface area contributed by atoms with Gasteiger partial charge in [-0.3, -0.25) is 4.68 Å². The van der Waals surface area contributed by atoms with Gasteiger partial charge in [0.05, 0.1) is 0 Å². The molecule has 4 rings (SSSR count). The fourth-order valence-corrected chi connectivity index (χ4v) is 2.81. The Hall–Kier alpha value is -3.32. The van der Waals surface area contributed by atoms with Crippen LogP contribution in [0, 0.1) is 0 Å². The Bertz CT molecular complexity index is 1040. The summed E-state index contributed by atoms with van der Waals surface area (Å²) >= 11 is 0. The van der Waals surface area contributed by atoms with Gasteiger partial charge in [-0.15, -0.1) is 0 Å². The van der Waals surface area contributed by atoms with Gasteiger partial charge in [0.25, 0.3) is 0 Å². The standard InChI is InChI=1S/C20H20N4O3/c1-24-13-22-20(23-24)14-4-2-5-16(10-14)26-11-15(25)12-27-19-7-3-6-18-17(19)8-9-21-18/h2-10,13,15,21,25H,11-12H2,1H3. The van der Waals surface area contributed by atoms with Crippen LogP contribution in [0.2, 0.25) is 0 Å². The first-order valence-electron chi connectivity index (χ1n) is 8.65. The first-order chi connectivity index (χ1) is 13.2. The molecule has 4 aromatic rings. The second-order valence-corrected chi connectivity index (χ2v) is 6.24. The van der Waals surface area contributed by atoms with E-state index >= 15 is 0 Å². The highest BCUT2D eigenvalue weighted by Crippen LogP contribution is 2.25. The van der Waals surface area contributed by atoms with Crippen LogP contribution in [0.1, 0.15) is 0 Å². The first kappa shape index (κ1) is 17.1. The number of nitrogens with zero attached hydrogens (tertiary/aromatic N) is 3. The zero-order valence-corrected chi connectivity index (χ0v) is 14.9. The van der Waals surface area contributed by atoms with E-state index in [0.29, 0.717) is 11.6 Å². The highest BCUT2D eigenvalue weighted by Gasteiger charge is 2.10. The molecule has 1 unspecified atom stereocenters. The van der Waals surface area contributed by atoms with Crippen LogP contribution in [-0.2, 0) is 7.05 Å². The topological polar surface area (TPSA) is 85.2 Å². The molecule has 2 heterocycles.